The van der Waals surface area contributed by atoms with Crippen molar-refractivity contribution in [3.63, 3.8) is 0 Å². The fourth-order valence-corrected chi connectivity index (χ4v) is 4.59. The molecular weight excluding hydrogens is 442 g/mol. The van der Waals surface area contributed by atoms with Gasteiger partial charge in [0.05, 0.1) is 22.9 Å². The second kappa shape index (κ2) is 10.7. The van der Waals surface area contributed by atoms with Gasteiger partial charge in [-0.2, -0.15) is 0 Å². The predicted octanol–water partition coefficient (Wildman–Crippen LogP) is 4.64. The van der Waals surface area contributed by atoms with Crippen molar-refractivity contribution in [1.29, 1.82) is 0 Å². The van der Waals surface area contributed by atoms with Gasteiger partial charge in [-0.3, -0.25) is 15.0 Å². The molecule has 1 N–H and O–H groups in total. The summed E-state index contributed by atoms with van der Waals surface area (Å²) < 4.78 is 5.39. The first-order valence-electron chi connectivity index (χ1n) is 11.4. The van der Waals surface area contributed by atoms with E-state index in [1.54, 1.807) is 12.1 Å². The van der Waals surface area contributed by atoms with E-state index in [0.717, 1.165) is 44.5 Å². The molecule has 8 heteroatoms. The zero-order valence-corrected chi connectivity index (χ0v) is 19.2. The van der Waals surface area contributed by atoms with Crippen molar-refractivity contribution in [1.82, 2.24) is 5.32 Å². The van der Waals surface area contributed by atoms with E-state index in [1.165, 1.54) is 4.90 Å². The van der Waals surface area contributed by atoms with Crippen molar-refractivity contribution in [2.75, 3.05) is 36.0 Å². The molecule has 2 aromatic carbocycles. The lowest BCUT2D eigenvalue weighted by Crippen LogP contribution is -2.49. The maximum atomic E-state index is 12.2. The Balaban J connectivity index is 1.25. The Bertz CT molecular complexity index is 1010. The number of benzene rings is 2. The summed E-state index contributed by atoms with van der Waals surface area (Å²) in [6, 6.07) is 14.3. The van der Waals surface area contributed by atoms with Gasteiger partial charge in [0.25, 0.3) is 0 Å². The number of hydrogen-bond donors (Lipinski definition) is 1. The first kappa shape index (κ1) is 23.1. The molecule has 0 spiro atoms. The van der Waals surface area contributed by atoms with Gasteiger partial charge in [0.1, 0.15) is 0 Å². The topological polar surface area (TPSA) is 79.0 Å². The largest absolute Gasteiger partial charge is 0.462 e. The normalized spacial score (nSPS) is 17.1. The van der Waals surface area contributed by atoms with Crippen LogP contribution >= 0.6 is 11.6 Å². The molecule has 2 saturated heterocycles. The van der Waals surface area contributed by atoms with E-state index in [-0.39, 0.29) is 18.3 Å². The Kier molecular flexibility index (Phi) is 7.50. The van der Waals surface area contributed by atoms with Crippen LogP contribution in [0.2, 0.25) is 5.02 Å². The highest BCUT2D eigenvalue weighted by molar-refractivity contribution is 6.34. The van der Waals surface area contributed by atoms with Crippen molar-refractivity contribution >= 4 is 40.9 Å². The fourth-order valence-electron chi connectivity index (χ4n) is 4.37. The van der Waals surface area contributed by atoms with Gasteiger partial charge in [-0.05, 0) is 61.9 Å². The van der Waals surface area contributed by atoms with Gasteiger partial charge in [-0.15, -0.1) is 0 Å². The van der Waals surface area contributed by atoms with Crippen LogP contribution in [0.3, 0.4) is 0 Å². The third kappa shape index (κ3) is 5.85. The molecule has 7 nitrogen and oxygen atoms in total. The van der Waals surface area contributed by atoms with Crippen molar-refractivity contribution < 1.29 is 19.1 Å². The van der Waals surface area contributed by atoms with Gasteiger partial charge in [0.15, 0.2) is 0 Å². The molecule has 2 aliphatic heterocycles. The summed E-state index contributed by atoms with van der Waals surface area (Å²) in [4.78, 5) is 39.5. The second-order valence-electron chi connectivity index (χ2n) is 8.47. The van der Waals surface area contributed by atoms with Crippen molar-refractivity contribution in [2.24, 2.45) is 5.92 Å². The fraction of sp³-hybridized carbons (Fsp3) is 0.400. The van der Waals surface area contributed by atoms with Crippen LogP contribution in [0.15, 0.2) is 48.5 Å². The van der Waals surface area contributed by atoms with Gasteiger partial charge >= 0.3 is 12.0 Å². The maximum Gasteiger partial charge on any atom is 0.338 e. The summed E-state index contributed by atoms with van der Waals surface area (Å²) in [6.07, 6.45) is 4.27. The molecule has 2 aliphatic rings. The number of nitrogens with zero attached hydrogens (tertiary/aromatic N) is 2. The first-order valence-corrected chi connectivity index (χ1v) is 11.8. The lowest BCUT2D eigenvalue weighted by atomic mass is 9.92. The number of hydrogen-bond acceptors (Lipinski definition) is 5. The van der Waals surface area contributed by atoms with Crippen LogP contribution in [-0.4, -0.2) is 44.1 Å². The lowest BCUT2D eigenvalue weighted by molar-refractivity contribution is -0.120. The molecule has 4 rings (SSSR count). The number of amides is 3. The van der Waals surface area contributed by atoms with E-state index < -0.39 is 6.03 Å². The van der Waals surface area contributed by atoms with Gasteiger partial charge in [0, 0.05) is 31.7 Å². The van der Waals surface area contributed by atoms with E-state index in [0.29, 0.717) is 35.3 Å². The number of esters is 1. The number of halogens is 1. The van der Waals surface area contributed by atoms with E-state index in [1.807, 2.05) is 36.4 Å². The van der Waals surface area contributed by atoms with Crippen LogP contribution in [0.4, 0.5) is 16.2 Å². The number of urea groups is 1. The zero-order chi connectivity index (χ0) is 23.2. The van der Waals surface area contributed by atoms with Crippen LogP contribution in [0.1, 0.15) is 42.5 Å². The monoisotopic (exact) mass is 469 g/mol. The number of imide groups is 1. The maximum absolute atomic E-state index is 12.2. The first-order chi connectivity index (χ1) is 16.0. The summed E-state index contributed by atoms with van der Waals surface area (Å²) in [6.45, 7) is 2.60. The molecule has 0 radical (unpaired) electrons. The van der Waals surface area contributed by atoms with Crippen LogP contribution in [0.5, 0.6) is 0 Å². The molecule has 174 valence electrons. The molecule has 33 heavy (non-hydrogen) atoms. The zero-order valence-electron chi connectivity index (χ0n) is 18.5. The van der Waals surface area contributed by atoms with Crippen LogP contribution in [0.25, 0.3) is 0 Å². The molecule has 0 unspecified atom stereocenters. The Morgan fingerprint density at radius 2 is 1.82 bits per heavy atom. The molecular formula is C25H28ClN3O4. The van der Waals surface area contributed by atoms with Crippen molar-refractivity contribution in [2.45, 2.75) is 32.1 Å². The number of carbonyl (C=O) groups is 3. The minimum Gasteiger partial charge on any atom is -0.462 e. The molecule has 0 saturated carbocycles. The summed E-state index contributed by atoms with van der Waals surface area (Å²) in [7, 11) is 0. The third-order valence-corrected chi connectivity index (χ3v) is 6.57. The Morgan fingerprint density at radius 3 is 2.55 bits per heavy atom. The highest BCUT2D eigenvalue weighted by Crippen LogP contribution is 2.34. The molecule has 2 fully saturated rings. The van der Waals surface area contributed by atoms with Crippen LogP contribution in [0, 0.1) is 5.92 Å². The number of nitrogens with one attached hydrogen (secondary N) is 1. The molecule has 0 aliphatic carbocycles. The van der Waals surface area contributed by atoms with Gasteiger partial charge < -0.3 is 9.64 Å². The second-order valence-corrected chi connectivity index (χ2v) is 8.87. The quantitative estimate of drug-likeness (QED) is 0.472. The standard InChI is InChI=1S/C25H28ClN3O4/c26-21-9-8-20(17-22(21)29-15-12-23(30)27-25(29)32)28-13-10-18(11-14-28)5-4-16-33-24(31)19-6-2-1-3-7-19/h1-3,6-9,17-18H,4-5,10-16H2,(H,27,30,32). The minimum atomic E-state index is -0.433. The van der Waals surface area contributed by atoms with E-state index >= 15 is 0 Å². The van der Waals surface area contributed by atoms with Gasteiger partial charge in [-0.1, -0.05) is 29.8 Å². The van der Waals surface area contributed by atoms with Crippen molar-refractivity contribution in [3.05, 3.63) is 59.1 Å². The van der Waals surface area contributed by atoms with Crippen molar-refractivity contribution in [3.8, 4) is 0 Å². The average molecular weight is 470 g/mol. The van der Waals surface area contributed by atoms with E-state index in [2.05, 4.69) is 10.2 Å². The van der Waals surface area contributed by atoms with Crippen LogP contribution < -0.4 is 15.1 Å². The van der Waals surface area contributed by atoms with E-state index in [9.17, 15) is 14.4 Å². The lowest BCUT2D eigenvalue weighted by Gasteiger charge is -2.35. The van der Waals surface area contributed by atoms with Crippen LogP contribution in [-0.2, 0) is 9.53 Å². The third-order valence-electron chi connectivity index (χ3n) is 6.25. The summed E-state index contributed by atoms with van der Waals surface area (Å²) >= 11 is 6.36. The molecule has 0 bridgehead atoms. The number of carbonyl (C=O) groups excluding carboxylic acids is 3. The Hall–Kier alpha value is -3.06. The highest BCUT2D eigenvalue weighted by Gasteiger charge is 2.27. The Labute approximate surface area is 198 Å². The highest BCUT2D eigenvalue weighted by atomic mass is 35.5. The summed E-state index contributed by atoms with van der Waals surface area (Å²) in [5.41, 5.74) is 2.23. The summed E-state index contributed by atoms with van der Waals surface area (Å²) in [5.74, 6) is 0.0680. The van der Waals surface area contributed by atoms with E-state index in [4.69, 9.17) is 16.3 Å². The number of piperidine rings is 1. The molecule has 2 heterocycles. The molecule has 2 aromatic rings. The molecule has 0 atom stereocenters. The number of anilines is 2. The minimum absolute atomic E-state index is 0.262. The summed E-state index contributed by atoms with van der Waals surface area (Å²) in [5, 5.41) is 2.83. The van der Waals surface area contributed by atoms with Gasteiger partial charge in [0.2, 0.25) is 5.91 Å². The number of rotatable bonds is 7. The van der Waals surface area contributed by atoms with Gasteiger partial charge in [-0.25, -0.2) is 9.59 Å². The SMILES string of the molecule is O=C1CCN(c2cc(N3CCC(CCCOC(=O)c4ccccc4)CC3)ccc2Cl)C(=O)N1. The number of ether oxygens (including phenoxy) is 1. The average Bonchev–Trinajstić information content (AvgIpc) is 2.83. The Morgan fingerprint density at radius 1 is 1.06 bits per heavy atom. The smallest absolute Gasteiger partial charge is 0.338 e. The predicted molar refractivity (Wildman–Crippen MR) is 128 cm³/mol. The molecule has 3 amide bonds. The molecule has 0 aromatic heterocycles.